The first-order chi connectivity index (χ1) is 18.0. The molecule has 0 fully saturated rings. The Kier molecular flexibility index (Phi) is 6.78. The predicted octanol–water partition coefficient (Wildman–Crippen LogP) is 6.33. The number of aromatic nitrogens is 1. The Bertz CT molecular complexity index is 1610. The van der Waals surface area contributed by atoms with Crippen LogP contribution in [-0.4, -0.2) is 17.6 Å². The van der Waals surface area contributed by atoms with E-state index in [1.807, 2.05) is 117 Å². The van der Waals surface area contributed by atoms with Crippen molar-refractivity contribution in [3.8, 4) is 11.1 Å². The number of rotatable bonds is 6. The van der Waals surface area contributed by atoms with Crippen LogP contribution in [0.1, 0.15) is 28.5 Å². The molecule has 0 radical (unpaired) electrons. The van der Waals surface area contributed by atoms with Gasteiger partial charge in [-0.05, 0) is 42.8 Å². The van der Waals surface area contributed by atoms with Gasteiger partial charge in [0.2, 0.25) is 0 Å². The molecule has 4 aromatic carbocycles. The number of nitrogens with zero attached hydrogens (tertiary/aromatic N) is 1. The highest BCUT2D eigenvalue weighted by Crippen LogP contribution is 2.47. The highest BCUT2D eigenvalue weighted by atomic mass is 31.2. The fourth-order valence-electron chi connectivity index (χ4n) is 4.92. The fraction of sp³-hybridized carbons (Fsp3) is 0.125. The number of aryl methyl sites for hydroxylation is 2. The van der Waals surface area contributed by atoms with Crippen molar-refractivity contribution in [2.45, 2.75) is 20.8 Å². The maximum atomic E-state index is 15.6. The molecule has 0 amide bonds. The molecule has 0 aliphatic rings. The summed E-state index contributed by atoms with van der Waals surface area (Å²) in [5.74, 6) is -0.533. The number of hydrogen-bond donors (Lipinski definition) is 0. The van der Waals surface area contributed by atoms with Crippen LogP contribution in [0.4, 0.5) is 0 Å². The lowest BCUT2D eigenvalue weighted by Gasteiger charge is -2.25. The van der Waals surface area contributed by atoms with E-state index >= 15 is 4.57 Å². The Balaban J connectivity index is 1.97. The summed E-state index contributed by atoms with van der Waals surface area (Å²) in [6, 6.07) is 32.9. The first kappa shape index (κ1) is 24.7. The van der Waals surface area contributed by atoms with Gasteiger partial charge in [0.05, 0.1) is 6.61 Å². The van der Waals surface area contributed by atoms with Crippen LogP contribution in [0.15, 0.2) is 103 Å². The third-order valence-electron chi connectivity index (χ3n) is 6.63. The predicted molar refractivity (Wildman–Crippen MR) is 152 cm³/mol. The molecule has 37 heavy (non-hydrogen) atoms. The fourth-order valence-corrected chi connectivity index (χ4v) is 8.15. The Morgan fingerprint density at radius 2 is 1.24 bits per heavy atom. The van der Waals surface area contributed by atoms with Crippen molar-refractivity contribution in [3.05, 3.63) is 120 Å². The molecule has 1 heterocycles. The van der Waals surface area contributed by atoms with E-state index in [1.54, 1.807) is 6.92 Å². The number of hydrogen-bond acceptors (Lipinski definition) is 4. The molecule has 0 atom stereocenters. The molecule has 0 spiro atoms. The van der Waals surface area contributed by atoms with Crippen molar-refractivity contribution in [2.24, 2.45) is 0 Å². The molecule has 0 bridgehead atoms. The quantitative estimate of drug-likeness (QED) is 0.200. The summed E-state index contributed by atoms with van der Waals surface area (Å²) in [5.41, 5.74) is 3.91. The summed E-state index contributed by atoms with van der Waals surface area (Å²) in [6.07, 6.45) is 0. The number of fused-ring (bicyclic) bond motifs is 1. The molecule has 0 aliphatic carbocycles. The van der Waals surface area contributed by atoms with Gasteiger partial charge >= 0.3 is 5.97 Å². The number of ether oxygens (including phenoxy) is 1. The van der Waals surface area contributed by atoms with E-state index in [0.717, 1.165) is 27.5 Å². The van der Waals surface area contributed by atoms with Crippen LogP contribution in [0.3, 0.4) is 0 Å². The molecule has 5 aromatic rings. The van der Waals surface area contributed by atoms with Crippen molar-refractivity contribution < 1.29 is 14.1 Å². The van der Waals surface area contributed by atoms with Gasteiger partial charge in [-0.3, -0.25) is 0 Å². The smallest absolute Gasteiger partial charge is 0.357 e. The molecule has 4 nitrogen and oxygen atoms in total. The highest BCUT2D eigenvalue weighted by molar-refractivity contribution is 7.85. The van der Waals surface area contributed by atoms with Crippen LogP contribution in [0.25, 0.3) is 21.9 Å². The third kappa shape index (κ3) is 4.28. The Morgan fingerprint density at radius 3 is 1.81 bits per heavy atom. The summed E-state index contributed by atoms with van der Waals surface area (Å²) < 4.78 is 21.1. The SMILES string of the molecule is CCOC(=O)c1nc(P(=O)(c2ccccc2C)c2ccccc2C)c2ccccc2c1-c1ccccc1. The molecular formula is C32H28NO3P. The van der Waals surface area contributed by atoms with Crippen LogP contribution in [0, 0.1) is 13.8 Å². The van der Waals surface area contributed by atoms with Gasteiger partial charge in [0.1, 0.15) is 5.44 Å². The van der Waals surface area contributed by atoms with Crippen LogP contribution in [-0.2, 0) is 9.30 Å². The second-order valence-corrected chi connectivity index (χ2v) is 11.6. The number of esters is 1. The zero-order chi connectivity index (χ0) is 26.0. The molecule has 0 N–H and O–H groups in total. The molecule has 0 aliphatic heterocycles. The number of carbonyl (C=O) groups is 1. The highest BCUT2D eigenvalue weighted by Gasteiger charge is 2.37. The summed E-state index contributed by atoms with van der Waals surface area (Å²) in [4.78, 5) is 18.4. The van der Waals surface area contributed by atoms with Gasteiger partial charge in [-0.25, -0.2) is 9.78 Å². The monoisotopic (exact) mass is 505 g/mol. The van der Waals surface area contributed by atoms with Crippen molar-refractivity contribution in [1.82, 2.24) is 4.98 Å². The van der Waals surface area contributed by atoms with Gasteiger partial charge in [0, 0.05) is 21.6 Å². The van der Waals surface area contributed by atoms with Crippen LogP contribution < -0.4 is 16.0 Å². The molecule has 0 unspecified atom stereocenters. The maximum Gasteiger partial charge on any atom is 0.357 e. The van der Waals surface area contributed by atoms with Gasteiger partial charge < -0.3 is 9.30 Å². The second kappa shape index (κ2) is 10.2. The zero-order valence-corrected chi connectivity index (χ0v) is 22.0. The number of pyridine rings is 1. The summed E-state index contributed by atoms with van der Waals surface area (Å²) in [7, 11) is -3.51. The van der Waals surface area contributed by atoms with Crippen molar-refractivity contribution in [3.63, 3.8) is 0 Å². The van der Waals surface area contributed by atoms with Gasteiger partial charge in [0.25, 0.3) is 0 Å². The van der Waals surface area contributed by atoms with Gasteiger partial charge in [0.15, 0.2) is 12.8 Å². The maximum absolute atomic E-state index is 15.6. The summed E-state index contributed by atoms with van der Waals surface area (Å²) in [5, 5.41) is 2.99. The van der Waals surface area contributed by atoms with Crippen LogP contribution >= 0.6 is 7.14 Å². The topological polar surface area (TPSA) is 56.3 Å². The van der Waals surface area contributed by atoms with Crippen molar-refractivity contribution in [2.75, 3.05) is 6.61 Å². The van der Waals surface area contributed by atoms with E-state index in [9.17, 15) is 4.79 Å². The molecule has 5 rings (SSSR count). The van der Waals surface area contributed by atoms with Crippen LogP contribution in [0.5, 0.6) is 0 Å². The minimum atomic E-state index is -3.51. The molecule has 0 saturated carbocycles. The molecule has 1 aromatic heterocycles. The van der Waals surface area contributed by atoms with E-state index in [-0.39, 0.29) is 12.3 Å². The van der Waals surface area contributed by atoms with Gasteiger partial charge in [-0.2, -0.15) is 0 Å². The Morgan fingerprint density at radius 1 is 0.730 bits per heavy atom. The molecular weight excluding hydrogens is 477 g/mol. The van der Waals surface area contributed by atoms with E-state index in [2.05, 4.69) is 0 Å². The van der Waals surface area contributed by atoms with Crippen molar-refractivity contribution in [1.29, 1.82) is 0 Å². The van der Waals surface area contributed by atoms with Gasteiger partial charge in [-0.15, -0.1) is 0 Å². The van der Waals surface area contributed by atoms with E-state index in [4.69, 9.17) is 9.72 Å². The Labute approximate surface area is 217 Å². The van der Waals surface area contributed by atoms with Crippen LogP contribution in [0.2, 0.25) is 0 Å². The molecule has 0 saturated heterocycles. The molecule has 5 heteroatoms. The summed E-state index contributed by atoms with van der Waals surface area (Å²) in [6.45, 7) is 5.91. The first-order valence-electron chi connectivity index (χ1n) is 12.3. The summed E-state index contributed by atoms with van der Waals surface area (Å²) >= 11 is 0. The average Bonchev–Trinajstić information content (AvgIpc) is 2.93. The minimum absolute atomic E-state index is 0.171. The third-order valence-corrected chi connectivity index (χ3v) is 9.93. The standard InChI is InChI=1S/C32H28NO3P/c1-4-36-32(34)30-29(24-16-6-5-7-17-24)25-18-10-11-19-26(25)31(33-30)37(35,27-20-12-8-14-22(27)2)28-21-13-9-15-23(28)3/h5-21H,4H2,1-3H3. The lowest BCUT2D eigenvalue weighted by atomic mass is 9.97. The lowest BCUT2D eigenvalue weighted by molar-refractivity contribution is 0.0521. The van der Waals surface area contributed by atoms with E-state index < -0.39 is 13.1 Å². The largest absolute Gasteiger partial charge is 0.461 e. The average molecular weight is 506 g/mol. The van der Waals surface area contributed by atoms with Gasteiger partial charge in [-0.1, -0.05) is 103 Å². The lowest BCUT2D eigenvalue weighted by Crippen LogP contribution is -2.31. The molecule has 184 valence electrons. The Hall–Kier alpha value is -4.01. The van der Waals surface area contributed by atoms with Crippen molar-refractivity contribution >= 4 is 39.9 Å². The number of carbonyl (C=O) groups excluding carboxylic acids is 1. The first-order valence-corrected chi connectivity index (χ1v) is 14.1. The van der Waals surface area contributed by atoms with E-state index in [0.29, 0.717) is 21.6 Å². The number of benzene rings is 4. The second-order valence-electron chi connectivity index (χ2n) is 8.97. The zero-order valence-electron chi connectivity index (χ0n) is 21.1. The minimum Gasteiger partial charge on any atom is -0.461 e. The normalized spacial score (nSPS) is 11.4. The van der Waals surface area contributed by atoms with E-state index in [1.165, 1.54) is 0 Å².